The van der Waals surface area contributed by atoms with Gasteiger partial charge in [0.2, 0.25) is 0 Å². The molecule has 2 aromatic heterocycles. The van der Waals surface area contributed by atoms with Crippen molar-refractivity contribution in [2.45, 2.75) is 26.7 Å². The number of rotatable bonds is 1. The van der Waals surface area contributed by atoms with E-state index in [-0.39, 0.29) is 11.7 Å². The van der Waals surface area contributed by atoms with E-state index in [4.69, 9.17) is 0 Å². The molecule has 0 atom stereocenters. The Balaban J connectivity index is 1.79. The van der Waals surface area contributed by atoms with Gasteiger partial charge in [-0.25, -0.2) is 4.39 Å². The van der Waals surface area contributed by atoms with E-state index in [1.54, 1.807) is 11.0 Å². The Morgan fingerprint density at radius 1 is 1.29 bits per heavy atom. The Bertz CT molecular complexity index is 938. The number of thiophene rings is 1. The van der Waals surface area contributed by atoms with Gasteiger partial charge in [-0.05, 0) is 56.0 Å². The van der Waals surface area contributed by atoms with Crippen molar-refractivity contribution in [3.05, 3.63) is 45.7 Å². The van der Waals surface area contributed by atoms with Gasteiger partial charge in [0.15, 0.2) is 0 Å². The normalized spacial score (nSPS) is 14.2. The van der Waals surface area contributed by atoms with E-state index in [0.29, 0.717) is 11.4 Å². The number of aryl methyl sites for hydroxylation is 4. The van der Waals surface area contributed by atoms with Crippen LogP contribution < -0.4 is 4.90 Å². The van der Waals surface area contributed by atoms with Crippen molar-refractivity contribution < 1.29 is 9.18 Å². The van der Waals surface area contributed by atoms with E-state index in [1.165, 1.54) is 17.4 Å². The van der Waals surface area contributed by atoms with Crippen molar-refractivity contribution in [2.24, 2.45) is 7.05 Å². The van der Waals surface area contributed by atoms with Crippen molar-refractivity contribution in [1.29, 1.82) is 0 Å². The molecule has 4 nitrogen and oxygen atoms in total. The fourth-order valence-electron chi connectivity index (χ4n) is 3.57. The summed E-state index contributed by atoms with van der Waals surface area (Å²) < 4.78 is 15.5. The molecule has 0 fully saturated rings. The molecular weight excluding hydrogens is 325 g/mol. The van der Waals surface area contributed by atoms with E-state index in [9.17, 15) is 9.18 Å². The highest BCUT2D eigenvalue weighted by molar-refractivity contribution is 7.20. The van der Waals surface area contributed by atoms with Gasteiger partial charge in [0.25, 0.3) is 5.91 Å². The number of carbonyl (C=O) groups excluding carboxylic acids is 1. The lowest BCUT2D eigenvalue weighted by Crippen LogP contribution is -2.35. The van der Waals surface area contributed by atoms with Crippen LogP contribution in [-0.2, 0) is 13.5 Å². The Hall–Kier alpha value is -2.21. The maximum absolute atomic E-state index is 13.7. The third-order valence-electron chi connectivity index (χ3n) is 4.59. The highest BCUT2D eigenvalue weighted by Gasteiger charge is 2.27. The van der Waals surface area contributed by atoms with E-state index in [0.717, 1.165) is 45.6 Å². The van der Waals surface area contributed by atoms with E-state index < -0.39 is 0 Å². The van der Waals surface area contributed by atoms with Gasteiger partial charge in [-0.3, -0.25) is 9.48 Å². The second-order valence-corrected chi connectivity index (χ2v) is 7.36. The summed E-state index contributed by atoms with van der Waals surface area (Å²) in [4.78, 5) is 16.6. The molecule has 3 aromatic rings. The fourth-order valence-corrected chi connectivity index (χ4v) is 4.64. The average Bonchev–Trinajstić information content (AvgIpc) is 3.08. The molecule has 0 radical (unpaired) electrons. The maximum Gasteiger partial charge on any atom is 0.268 e. The lowest BCUT2D eigenvalue weighted by Gasteiger charge is -2.30. The zero-order valence-electron chi connectivity index (χ0n) is 13.9. The third kappa shape index (κ3) is 2.24. The Morgan fingerprint density at radius 2 is 2.08 bits per heavy atom. The SMILES string of the molecule is Cc1cc(F)cc2c1N(C(=O)c1cc3c(C)nn(C)c3s1)CCC2. The molecule has 1 amide bonds. The third-order valence-corrected chi connectivity index (χ3v) is 5.78. The average molecular weight is 343 g/mol. The number of halogens is 1. The van der Waals surface area contributed by atoms with Crippen molar-refractivity contribution in [2.75, 3.05) is 11.4 Å². The molecule has 0 saturated carbocycles. The number of hydrogen-bond donors (Lipinski definition) is 0. The first-order chi connectivity index (χ1) is 11.5. The molecule has 6 heteroatoms. The van der Waals surface area contributed by atoms with Crippen LogP contribution in [0.25, 0.3) is 10.2 Å². The second-order valence-electron chi connectivity index (χ2n) is 6.33. The number of benzene rings is 1. The van der Waals surface area contributed by atoms with Crippen molar-refractivity contribution in [1.82, 2.24) is 9.78 Å². The molecule has 1 aliphatic rings. The summed E-state index contributed by atoms with van der Waals surface area (Å²) in [5.74, 6) is -0.240. The minimum absolute atomic E-state index is 0.00809. The summed E-state index contributed by atoms with van der Waals surface area (Å²) in [6, 6.07) is 4.99. The van der Waals surface area contributed by atoms with Gasteiger partial charge in [0, 0.05) is 19.0 Å². The van der Waals surface area contributed by atoms with Crippen LogP contribution >= 0.6 is 11.3 Å². The summed E-state index contributed by atoms with van der Waals surface area (Å²) in [6.45, 7) is 4.49. The molecule has 4 rings (SSSR count). The molecular formula is C18H18FN3OS. The lowest BCUT2D eigenvalue weighted by atomic mass is 9.97. The first-order valence-electron chi connectivity index (χ1n) is 7.99. The summed E-state index contributed by atoms with van der Waals surface area (Å²) in [7, 11) is 1.89. The fraction of sp³-hybridized carbons (Fsp3) is 0.333. The number of carbonyl (C=O) groups is 1. The van der Waals surface area contributed by atoms with Crippen molar-refractivity contribution in [3.63, 3.8) is 0 Å². The van der Waals surface area contributed by atoms with Crippen LogP contribution in [0.2, 0.25) is 0 Å². The van der Waals surface area contributed by atoms with Gasteiger partial charge < -0.3 is 4.90 Å². The molecule has 0 N–H and O–H groups in total. The minimum atomic E-state index is -0.232. The molecule has 3 heterocycles. The highest BCUT2D eigenvalue weighted by Crippen LogP contribution is 2.35. The van der Waals surface area contributed by atoms with Gasteiger partial charge in [-0.1, -0.05) is 0 Å². The Labute approximate surface area is 143 Å². The monoisotopic (exact) mass is 343 g/mol. The number of anilines is 1. The van der Waals surface area contributed by atoms with Gasteiger partial charge in [0.05, 0.1) is 16.3 Å². The van der Waals surface area contributed by atoms with Crippen LogP contribution in [0.1, 0.15) is 32.9 Å². The topological polar surface area (TPSA) is 38.1 Å². The van der Waals surface area contributed by atoms with Crippen LogP contribution in [0.5, 0.6) is 0 Å². The van der Waals surface area contributed by atoms with Crippen LogP contribution in [0.15, 0.2) is 18.2 Å². The first kappa shape index (κ1) is 15.3. The highest BCUT2D eigenvalue weighted by atomic mass is 32.1. The number of aromatic nitrogens is 2. The standard InChI is InChI=1S/C18H18FN3OS/c1-10-7-13(19)8-12-5-4-6-22(16(10)12)17(23)15-9-14-11(2)20-21(3)18(14)24-15/h7-9H,4-6H2,1-3H3. The quantitative estimate of drug-likeness (QED) is 0.670. The predicted molar refractivity (Wildman–Crippen MR) is 94.5 cm³/mol. The van der Waals surface area contributed by atoms with Crippen LogP contribution in [0.3, 0.4) is 0 Å². The predicted octanol–water partition coefficient (Wildman–Crippen LogP) is 3.98. The van der Waals surface area contributed by atoms with Crippen LogP contribution in [0.4, 0.5) is 10.1 Å². The van der Waals surface area contributed by atoms with Gasteiger partial charge in [0.1, 0.15) is 10.6 Å². The summed E-state index contributed by atoms with van der Waals surface area (Å²) in [6.07, 6.45) is 1.67. The summed E-state index contributed by atoms with van der Waals surface area (Å²) in [5, 5.41) is 5.41. The molecule has 0 saturated heterocycles. The van der Waals surface area contributed by atoms with E-state index >= 15 is 0 Å². The smallest absolute Gasteiger partial charge is 0.268 e. The Kier molecular flexibility index (Phi) is 3.46. The second kappa shape index (κ2) is 5.41. The van der Waals surface area contributed by atoms with Gasteiger partial charge in [-0.2, -0.15) is 5.10 Å². The van der Waals surface area contributed by atoms with Gasteiger partial charge >= 0.3 is 0 Å². The number of fused-ring (bicyclic) bond motifs is 2. The summed E-state index contributed by atoms with van der Waals surface area (Å²) in [5.41, 5.74) is 3.54. The largest absolute Gasteiger partial charge is 0.307 e. The van der Waals surface area contributed by atoms with Crippen LogP contribution in [0, 0.1) is 19.7 Å². The molecule has 1 aromatic carbocycles. The molecule has 0 unspecified atom stereocenters. The number of hydrogen-bond acceptors (Lipinski definition) is 3. The van der Waals surface area contributed by atoms with E-state index in [2.05, 4.69) is 5.10 Å². The number of nitrogens with zero attached hydrogens (tertiary/aromatic N) is 3. The lowest BCUT2D eigenvalue weighted by molar-refractivity contribution is 0.0989. The maximum atomic E-state index is 13.7. The number of amides is 1. The van der Waals surface area contributed by atoms with Crippen molar-refractivity contribution in [3.8, 4) is 0 Å². The molecule has 0 bridgehead atoms. The Morgan fingerprint density at radius 3 is 2.83 bits per heavy atom. The first-order valence-corrected chi connectivity index (χ1v) is 8.81. The molecule has 0 spiro atoms. The minimum Gasteiger partial charge on any atom is -0.307 e. The van der Waals surface area contributed by atoms with E-state index in [1.807, 2.05) is 31.6 Å². The summed E-state index contributed by atoms with van der Waals surface area (Å²) >= 11 is 1.47. The molecule has 24 heavy (non-hydrogen) atoms. The van der Waals surface area contributed by atoms with Crippen molar-refractivity contribution >= 4 is 33.1 Å². The van der Waals surface area contributed by atoms with Gasteiger partial charge in [-0.15, -0.1) is 11.3 Å². The zero-order chi connectivity index (χ0) is 17.0. The molecule has 124 valence electrons. The molecule has 1 aliphatic heterocycles. The molecule has 0 aliphatic carbocycles. The van der Waals surface area contributed by atoms with Crippen LogP contribution in [-0.4, -0.2) is 22.2 Å². The zero-order valence-corrected chi connectivity index (χ0v) is 14.7.